The first-order valence-corrected chi connectivity index (χ1v) is 4.44. The fourth-order valence-electron chi connectivity index (χ4n) is 1.06. The molecule has 0 spiro atoms. The van der Waals surface area contributed by atoms with Crippen LogP contribution in [0.2, 0.25) is 0 Å². The topological polar surface area (TPSA) is 63.6 Å². The Kier molecular flexibility index (Phi) is 3.92. The van der Waals surface area contributed by atoms with E-state index in [0.717, 1.165) is 19.2 Å². The average molecular weight is 242 g/mol. The summed E-state index contributed by atoms with van der Waals surface area (Å²) < 4.78 is 29.8. The minimum Gasteiger partial charge on any atom is -0.507 e. The van der Waals surface area contributed by atoms with Crippen LogP contribution in [0.15, 0.2) is 24.3 Å². The third-order valence-electron chi connectivity index (χ3n) is 1.86. The molecule has 0 amide bonds. The van der Waals surface area contributed by atoms with Crippen molar-refractivity contribution in [2.45, 2.75) is 0 Å². The largest absolute Gasteiger partial charge is 0.507 e. The number of rotatable bonds is 3. The number of carbonyl (C=O) groups is 2. The molecular weight excluding hydrogens is 234 g/mol. The van der Waals surface area contributed by atoms with Crippen molar-refractivity contribution in [1.29, 1.82) is 0 Å². The number of aliphatic hydroxyl groups excluding tert-OH is 1. The first-order valence-electron chi connectivity index (χ1n) is 4.44. The number of methoxy groups -OCH3 is 1. The summed E-state index contributed by atoms with van der Waals surface area (Å²) in [4.78, 5) is 21.8. The van der Waals surface area contributed by atoms with Gasteiger partial charge in [-0.3, -0.25) is 4.79 Å². The van der Waals surface area contributed by atoms with Crippen molar-refractivity contribution in [3.63, 3.8) is 0 Å². The number of carbonyl (C=O) groups excluding carboxylic acids is 2. The van der Waals surface area contributed by atoms with Crippen LogP contribution in [0.3, 0.4) is 0 Å². The van der Waals surface area contributed by atoms with E-state index in [4.69, 9.17) is 0 Å². The Morgan fingerprint density at radius 1 is 1.35 bits per heavy atom. The van der Waals surface area contributed by atoms with E-state index in [0.29, 0.717) is 12.1 Å². The van der Waals surface area contributed by atoms with Crippen LogP contribution in [0.1, 0.15) is 5.56 Å². The predicted molar refractivity (Wildman–Crippen MR) is 54.0 cm³/mol. The minimum absolute atomic E-state index is 0.386. The van der Waals surface area contributed by atoms with Crippen LogP contribution in [0.4, 0.5) is 8.78 Å². The van der Waals surface area contributed by atoms with Crippen LogP contribution in [0.5, 0.6) is 0 Å². The Hall–Kier alpha value is -2.24. The van der Waals surface area contributed by atoms with Crippen molar-refractivity contribution >= 4 is 17.5 Å². The van der Waals surface area contributed by atoms with Crippen molar-refractivity contribution in [2.24, 2.45) is 0 Å². The van der Waals surface area contributed by atoms with Crippen LogP contribution in [0.25, 0.3) is 5.76 Å². The monoisotopic (exact) mass is 242 g/mol. The fraction of sp³-hybridized carbons (Fsp3) is 0.0909. The molecule has 6 heteroatoms. The van der Waals surface area contributed by atoms with Crippen molar-refractivity contribution in [3.8, 4) is 0 Å². The number of ketones is 1. The molecule has 0 unspecified atom stereocenters. The zero-order chi connectivity index (χ0) is 13.0. The molecule has 0 fully saturated rings. The Labute approximate surface area is 95.1 Å². The number of esters is 1. The molecule has 90 valence electrons. The molecule has 0 radical (unpaired) electrons. The normalized spacial score (nSPS) is 11.1. The van der Waals surface area contributed by atoms with Crippen molar-refractivity contribution in [1.82, 2.24) is 0 Å². The zero-order valence-corrected chi connectivity index (χ0v) is 8.74. The number of hydrogen-bond donors (Lipinski definition) is 1. The van der Waals surface area contributed by atoms with Gasteiger partial charge >= 0.3 is 5.97 Å². The Morgan fingerprint density at radius 2 is 2.00 bits per heavy atom. The molecule has 0 aliphatic carbocycles. The molecule has 0 saturated heterocycles. The van der Waals surface area contributed by atoms with Gasteiger partial charge in [0.05, 0.1) is 12.7 Å². The molecule has 0 aromatic heterocycles. The summed E-state index contributed by atoms with van der Waals surface area (Å²) in [5.74, 6) is -4.99. The summed E-state index contributed by atoms with van der Waals surface area (Å²) in [5, 5.41) is 9.38. The number of hydrogen-bond acceptors (Lipinski definition) is 4. The lowest BCUT2D eigenvalue weighted by Gasteiger charge is -2.01. The lowest BCUT2D eigenvalue weighted by Crippen LogP contribution is -2.13. The lowest BCUT2D eigenvalue weighted by atomic mass is 10.1. The number of benzene rings is 1. The fourth-order valence-corrected chi connectivity index (χ4v) is 1.06. The summed E-state index contributed by atoms with van der Waals surface area (Å²) in [6.07, 6.45) is 0.502. The highest BCUT2D eigenvalue weighted by atomic mass is 19.1. The highest BCUT2D eigenvalue weighted by Gasteiger charge is 2.15. The van der Waals surface area contributed by atoms with Gasteiger partial charge in [0.2, 0.25) is 0 Å². The molecule has 1 N–H and O–H groups in total. The summed E-state index contributed by atoms with van der Waals surface area (Å²) in [7, 11) is 0.990. The quantitative estimate of drug-likeness (QED) is 0.378. The molecule has 1 aromatic rings. The van der Waals surface area contributed by atoms with Crippen molar-refractivity contribution in [3.05, 3.63) is 41.5 Å². The molecule has 1 aromatic carbocycles. The molecular formula is C11H8F2O4. The molecule has 0 atom stereocenters. The third-order valence-corrected chi connectivity index (χ3v) is 1.86. The third kappa shape index (κ3) is 3.10. The molecule has 0 bridgehead atoms. The summed E-state index contributed by atoms with van der Waals surface area (Å²) in [6.45, 7) is 0. The Bertz CT molecular complexity index is 494. The standard InChI is InChI=1S/C11H8F2O4/c1-17-11(16)10(15)5-9(14)7-3-2-6(12)4-8(7)13/h2-5,14H,1H3. The number of ether oxygens (including phenoxy) is 1. The minimum atomic E-state index is -1.20. The zero-order valence-electron chi connectivity index (χ0n) is 8.74. The van der Waals surface area contributed by atoms with E-state index in [9.17, 15) is 23.5 Å². The molecule has 0 saturated carbocycles. The van der Waals surface area contributed by atoms with Crippen LogP contribution in [-0.2, 0) is 14.3 Å². The van der Waals surface area contributed by atoms with Gasteiger partial charge < -0.3 is 9.84 Å². The van der Waals surface area contributed by atoms with Gasteiger partial charge in [0.1, 0.15) is 17.4 Å². The number of aliphatic hydroxyl groups is 1. The molecule has 0 aliphatic heterocycles. The van der Waals surface area contributed by atoms with Crippen molar-refractivity contribution < 1.29 is 28.2 Å². The average Bonchev–Trinajstić information content (AvgIpc) is 2.27. The van der Waals surface area contributed by atoms with Crippen LogP contribution in [-0.4, -0.2) is 24.0 Å². The Morgan fingerprint density at radius 3 is 2.53 bits per heavy atom. The Balaban J connectivity index is 3.04. The number of halogens is 2. The highest BCUT2D eigenvalue weighted by molar-refractivity contribution is 6.39. The molecule has 4 nitrogen and oxygen atoms in total. The first kappa shape index (κ1) is 12.8. The maximum Gasteiger partial charge on any atom is 0.378 e. The SMILES string of the molecule is COC(=O)C(=O)C=C(O)c1ccc(F)cc1F. The predicted octanol–water partition coefficient (Wildman–Crippen LogP) is 1.61. The highest BCUT2D eigenvalue weighted by Crippen LogP contribution is 2.16. The second-order valence-corrected chi connectivity index (χ2v) is 3.01. The maximum absolute atomic E-state index is 13.2. The van der Waals surface area contributed by atoms with E-state index in [1.807, 2.05) is 0 Å². The van der Waals surface area contributed by atoms with Crippen molar-refractivity contribution in [2.75, 3.05) is 7.11 Å². The van der Waals surface area contributed by atoms with Gasteiger partial charge in [0.25, 0.3) is 5.78 Å². The van der Waals surface area contributed by atoms with E-state index < -0.39 is 29.1 Å². The maximum atomic E-state index is 13.2. The molecule has 0 heterocycles. The lowest BCUT2D eigenvalue weighted by molar-refractivity contribution is -0.149. The summed E-state index contributed by atoms with van der Waals surface area (Å²) >= 11 is 0. The first-order chi connectivity index (χ1) is 7.95. The summed E-state index contributed by atoms with van der Waals surface area (Å²) in [6, 6.07) is 2.40. The van der Waals surface area contributed by atoms with E-state index in [1.165, 1.54) is 0 Å². The van der Waals surface area contributed by atoms with Crippen LogP contribution >= 0.6 is 0 Å². The van der Waals surface area contributed by atoms with Gasteiger partial charge in [0.15, 0.2) is 0 Å². The van der Waals surface area contributed by atoms with E-state index in [-0.39, 0.29) is 5.56 Å². The molecule has 17 heavy (non-hydrogen) atoms. The molecule has 0 aliphatic rings. The van der Waals surface area contributed by atoms with Gasteiger partial charge in [0, 0.05) is 12.1 Å². The van der Waals surface area contributed by atoms with E-state index >= 15 is 0 Å². The summed E-state index contributed by atoms with van der Waals surface area (Å²) in [5.41, 5.74) is -0.386. The van der Waals surface area contributed by atoms with Gasteiger partial charge in [-0.1, -0.05) is 0 Å². The second kappa shape index (κ2) is 5.20. The van der Waals surface area contributed by atoms with Crippen LogP contribution < -0.4 is 0 Å². The van der Waals surface area contributed by atoms with Crippen LogP contribution in [0, 0.1) is 11.6 Å². The van der Waals surface area contributed by atoms with E-state index in [1.54, 1.807) is 0 Å². The van der Waals surface area contributed by atoms with Gasteiger partial charge in [-0.15, -0.1) is 0 Å². The molecule has 1 rings (SSSR count). The smallest absolute Gasteiger partial charge is 0.378 e. The second-order valence-electron chi connectivity index (χ2n) is 3.01. The van der Waals surface area contributed by atoms with E-state index in [2.05, 4.69) is 4.74 Å². The van der Waals surface area contributed by atoms with Gasteiger partial charge in [-0.2, -0.15) is 0 Å². The van der Waals surface area contributed by atoms with Gasteiger partial charge in [-0.05, 0) is 12.1 Å². The van der Waals surface area contributed by atoms with Gasteiger partial charge in [-0.25, -0.2) is 13.6 Å².